The molecule has 0 radical (unpaired) electrons. The van der Waals surface area contributed by atoms with Crippen LogP contribution in [0.3, 0.4) is 0 Å². The van der Waals surface area contributed by atoms with Crippen LogP contribution < -0.4 is 4.90 Å². The van der Waals surface area contributed by atoms with Gasteiger partial charge in [-0.15, -0.1) is 0 Å². The van der Waals surface area contributed by atoms with Gasteiger partial charge in [0.15, 0.2) is 0 Å². The Labute approximate surface area is 106 Å². The van der Waals surface area contributed by atoms with E-state index in [0.717, 1.165) is 34.3 Å². The van der Waals surface area contributed by atoms with Gasteiger partial charge in [0.2, 0.25) is 0 Å². The van der Waals surface area contributed by atoms with Gasteiger partial charge in [-0.05, 0) is 44.3 Å². The fourth-order valence-electron chi connectivity index (χ4n) is 1.81. The Morgan fingerprint density at radius 3 is 2.93 bits per heavy atom. The molecule has 0 bridgehead atoms. The zero-order valence-electron chi connectivity index (χ0n) is 8.16. The van der Waals surface area contributed by atoms with Crippen LogP contribution in [0, 0.1) is 5.92 Å². The number of rotatable bonds is 2. The Kier molecular flexibility index (Phi) is 3.64. The van der Waals surface area contributed by atoms with Crippen LogP contribution in [0.15, 0.2) is 21.2 Å². The van der Waals surface area contributed by atoms with Gasteiger partial charge in [0, 0.05) is 36.3 Å². The lowest BCUT2D eigenvalue weighted by Crippen LogP contribution is -2.22. The van der Waals surface area contributed by atoms with Gasteiger partial charge in [-0.3, -0.25) is 0 Å². The van der Waals surface area contributed by atoms with Crippen LogP contribution in [0.1, 0.15) is 6.42 Å². The number of halogens is 2. The molecular weight excluding hydrogens is 324 g/mol. The van der Waals surface area contributed by atoms with Crippen LogP contribution in [-0.2, 0) is 0 Å². The Balaban J connectivity index is 2.17. The highest BCUT2D eigenvalue weighted by Crippen LogP contribution is 2.30. The molecule has 2 rings (SSSR count). The summed E-state index contributed by atoms with van der Waals surface area (Å²) in [5.74, 6) is 1.36. The second-order valence-corrected chi connectivity index (χ2v) is 5.51. The maximum absolute atomic E-state index is 9.08. The number of hydrogen-bond acceptors (Lipinski definition) is 3. The van der Waals surface area contributed by atoms with E-state index in [1.54, 1.807) is 6.20 Å². The minimum atomic E-state index is 0.268. The van der Waals surface area contributed by atoms with Crippen molar-refractivity contribution in [3.63, 3.8) is 0 Å². The summed E-state index contributed by atoms with van der Waals surface area (Å²) in [4.78, 5) is 6.58. The average Bonchev–Trinajstić information content (AvgIpc) is 2.66. The first-order valence-corrected chi connectivity index (χ1v) is 6.46. The van der Waals surface area contributed by atoms with Crippen molar-refractivity contribution < 1.29 is 5.11 Å². The molecule has 3 nitrogen and oxygen atoms in total. The normalized spacial score (nSPS) is 21.0. The van der Waals surface area contributed by atoms with Gasteiger partial charge in [-0.2, -0.15) is 0 Å². The van der Waals surface area contributed by atoms with Crippen molar-refractivity contribution in [2.75, 3.05) is 24.6 Å². The summed E-state index contributed by atoms with van der Waals surface area (Å²) in [6, 6.07) is 1.99. The summed E-state index contributed by atoms with van der Waals surface area (Å²) in [5.41, 5.74) is 0. The van der Waals surface area contributed by atoms with E-state index in [-0.39, 0.29) is 6.61 Å². The van der Waals surface area contributed by atoms with Crippen molar-refractivity contribution in [3.8, 4) is 0 Å². The van der Waals surface area contributed by atoms with Gasteiger partial charge in [0.05, 0.1) is 4.47 Å². The zero-order valence-corrected chi connectivity index (χ0v) is 11.3. The summed E-state index contributed by atoms with van der Waals surface area (Å²) in [5, 5.41) is 9.08. The summed E-state index contributed by atoms with van der Waals surface area (Å²) in [6.07, 6.45) is 2.84. The molecule has 1 fully saturated rings. The molecule has 1 atom stereocenters. The summed E-state index contributed by atoms with van der Waals surface area (Å²) < 4.78 is 1.96. The van der Waals surface area contributed by atoms with Crippen molar-refractivity contribution in [2.24, 2.45) is 5.92 Å². The molecule has 1 N–H and O–H groups in total. The van der Waals surface area contributed by atoms with E-state index < -0.39 is 0 Å². The van der Waals surface area contributed by atoms with Gasteiger partial charge in [-0.25, -0.2) is 4.98 Å². The zero-order chi connectivity index (χ0) is 10.8. The van der Waals surface area contributed by atoms with Gasteiger partial charge in [0.1, 0.15) is 5.82 Å². The first-order chi connectivity index (χ1) is 7.20. The molecule has 0 aromatic carbocycles. The molecule has 5 heteroatoms. The maximum atomic E-state index is 9.08. The van der Waals surface area contributed by atoms with Crippen LogP contribution >= 0.6 is 31.9 Å². The summed E-state index contributed by atoms with van der Waals surface area (Å²) >= 11 is 6.88. The number of nitrogens with zero attached hydrogens (tertiary/aromatic N) is 2. The van der Waals surface area contributed by atoms with E-state index in [0.29, 0.717) is 5.92 Å². The predicted molar refractivity (Wildman–Crippen MR) is 67.0 cm³/mol. The summed E-state index contributed by atoms with van der Waals surface area (Å²) in [7, 11) is 0. The highest BCUT2D eigenvalue weighted by Gasteiger charge is 2.24. The van der Waals surface area contributed by atoms with Crippen molar-refractivity contribution in [1.29, 1.82) is 0 Å². The lowest BCUT2D eigenvalue weighted by molar-refractivity contribution is 0.238. The lowest BCUT2D eigenvalue weighted by Gasteiger charge is -2.18. The Hall–Kier alpha value is -0.130. The van der Waals surface area contributed by atoms with E-state index in [2.05, 4.69) is 41.7 Å². The van der Waals surface area contributed by atoms with Crippen molar-refractivity contribution in [1.82, 2.24) is 4.98 Å². The quantitative estimate of drug-likeness (QED) is 0.901. The number of aliphatic hydroxyl groups excluding tert-OH is 1. The van der Waals surface area contributed by atoms with E-state index >= 15 is 0 Å². The van der Waals surface area contributed by atoms with E-state index in [4.69, 9.17) is 5.11 Å². The molecule has 1 aliphatic rings. The molecular formula is C10H12Br2N2O. The molecule has 15 heavy (non-hydrogen) atoms. The second-order valence-electron chi connectivity index (χ2n) is 3.74. The molecule has 0 spiro atoms. The van der Waals surface area contributed by atoms with E-state index in [9.17, 15) is 0 Å². The molecule has 1 unspecified atom stereocenters. The summed E-state index contributed by atoms with van der Waals surface area (Å²) in [6.45, 7) is 2.13. The van der Waals surface area contributed by atoms with E-state index in [1.165, 1.54) is 0 Å². The fourth-order valence-corrected chi connectivity index (χ4v) is 3.05. The van der Waals surface area contributed by atoms with Crippen LogP contribution in [0.5, 0.6) is 0 Å². The Morgan fingerprint density at radius 1 is 1.53 bits per heavy atom. The molecule has 0 aliphatic carbocycles. The van der Waals surface area contributed by atoms with Crippen LogP contribution in [-0.4, -0.2) is 29.8 Å². The Morgan fingerprint density at radius 2 is 2.33 bits per heavy atom. The third-order valence-electron chi connectivity index (χ3n) is 2.63. The maximum Gasteiger partial charge on any atom is 0.142 e. The van der Waals surface area contributed by atoms with Gasteiger partial charge in [0.25, 0.3) is 0 Å². The highest BCUT2D eigenvalue weighted by atomic mass is 79.9. The smallest absolute Gasteiger partial charge is 0.142 e. The minimum Gasteiger partial charge on any atom is -0.396 e. The van der Waals surface area contributed by atoms with Gasteiger partial charge in [-0.1, -0.05) is 0 Å². The Bertz CT molecular complexity index is 359. The monoisotopic (exact) mass is 334 g/mol. The number of aromatic nitrogens is 1. The van der Waals surface area contributed by atoms with Crippen molar-refractivity contribution >= 4 is 37.7 Å². The standard InChI is InChI=1S/C10H12Br2N2O/c11-8-3-9(12)10(13-4-8)14-2-1-7(5-14)6-15/h3-4,7,15H,1-2,5-6H2. The lowest BCUT2D eigenvalue weighted by atomic mass is 10.1. The highest BCUT2D eigenvalue weighted by molar-refractivity contribution is 9.11. The molecule has 2 heterocycles. The van der Waals surface area contributed by atoms with Crippen LogP contribution in [0.4, 0.5) is 5.82 Å². The second kappa shape index (κ2) is 4.80. The minimum absolute atomic E-state index is 0.268. The first kappa shape index (κ1) is 11.4. The number of anilines is 1. The van der Waals surface area contributed by atoms with Crippen LogP contribution in [0.25, 0.3) is 0 Å². The SMILES string of the molecule is OCC1CCN(c2ncc(Br)cc2Br)C1. The molecule has 1 aromatic heterocycles. The van der Waals surface area contributed by atoms with Crippen LogP contribution in [0.2, 0.25) is 0 Å². The van der Waals surface area contributed by atoms with Gasteiger partial charge >= 0.3 is 0 Å². The molecule has 1 saturated heterocycles. The number of hydrogen-bond donors (Lipinski definition) is 1. The molecule has 0 amide bonds. The van der Waals surface area contributed by atoms with Crippen molar-refractivity contribution in [3.05, 3.63) is 21.2 Å². The number of aliphatic hydroxyl groups is 1. The first-order valence-electron chi connectivity index (χ1n) is 4.87. The van der Waals surface area contributed by atoms with Crippen molar-refractivity contribution in [2.45, 2.75) is 6.42 Å². The number of pyridine rings is 1. The third kappa shape index (κ3) is 2.52. The molecule has 0 saturated carbocycles. The molecule has 1 aliphatic heterocycles. The topological polar surface area (TPSA) is 36.4 Å². The third-order valence-corrected chi connectivity index (χ3v) is 3.65. The molecule has 82 valence electrons. The predicted octanol–water partition coefficient (Wildman–Crippen LogP) is 2.43. The average molecular weight is 336 g/mol. The largest absolute Gasteiger partial charge is 0.396 e. The molecule has 1 aromatic rings. The fraction of sp³-hybridized carbons (Fsp3) is 0.500. The van der Waals surface area contributed by atoms with E-state index in [1.807, 2.05) is 6.07 Å². The van der Waals surface area contributed by atoms with Gasteiger partial charge < -0.3 is 10.0 Å².